The Balaban J connectivity index is 2.24. The number of aliphatic carboxylic acids is 1. The molecule has 0 saturated carbocycles. The first-order chi connectivity index (χ1) is 17.6. The summed E-state index contributed by atoms with van der Waals surface area (Å²) in [4.78, 5) is 53.7. The fraction of sp³-hybridized carbons (Fsp3) is 0.520. The second-order valence-corrected chi connectivity index (χ2v) is 10.6. The number of H-pyrrole nitrogens is 1. The maximum Gasteiger partial charge on any atom is 0.326 e. The number of hydrogen-bond donors (Lipinski definition) is 7. The number of para-hydroxylation sites is 1. The second-order valence-electron chi connectivity index (χ2n) is 9.29. The summed E-state index contributed by atoms with van der Waals surface area (Å²) in [5.41, 5.74) is 7.59. The number of carboxylic acids is 1. The minimum absolute atomic E-state index is 0.0150. The van der Waals surface area contributed by atoms with E-state index >= 15 is 0 Å². The van der Waals surface area contributed by atoms with Crippen LogP contribution in [0.25, 0.3) is 10.9 Å². The van der Waals surface area contributed by atoms with Crippen molar-refractivity contribution in [1.82, 2.24) is 20.9 Å². The van der Waals surface area contributed by atoms with Gasteiger partial charge in [0.1, 0.15) is 18.1 Å². The molecule has 1 heterocycles. The molecule has 3 amide bonds. The molecule has 10 nitrogen and oxygen atoms in total. The zero-order valence-corrected chi connectivity index (χ0v) is 23.0. The molecule has 37 heavy (non-hydrogen) atoms. The number of carboxylic acid groups (broad SMARTS) is 1. The molecule has 4 unspecified atom stereocenters. The van der Waals surface area contributed by atoms with Gasteiger partial charge in [0.2, 0.25) is 17.7 Å². The number of carbonyl (C=O) groups excluding carboxylic acids is 3. The summed E-state index contributed by atoms with van der Waals surface area (Å²) in [5.74, 6) is -2.16. The first kappa shape index (κ1) is 30.5. The maximum atomic E-state index is 13.2. The summed E-state index contributed by atoms with van der Waals surface area (Å²) in [7, 11) is 0. The second kappa shape index (κ2) is 14.9. The Hall–Kier alpha value is -2.70. The number of aromatic nitrogens is 1. The number of rotatable bonds is 15. The van der Waals surface area contributed by atoms with Crippen LogP contribution in [0.4, 0.5) is 0 Å². The molecule has 0 aliphatic rings. The summed E-state index contributed by atoms with van der Waals surface area (Å²) < 4.78 is 0. The number of thioether (sulfide) groups is 1. The van der Waals surface area contributed by atoms with Gasteiger partial charge >= 0.3 is 5.97 Å². The van der Waals surface area contributed by atoms with E-state index in [9.17, 15) is 24.3 Å². The number of carbonyl (C=O) groups is 4. The summed E-state index contributed by atoms with van der Waals surface area (Å²) >= 11 is 5.67. The quantitative estimate of drug-likeness (QED) is 0.164. The zero-order chi connectivity index (χ0) is 27.5. The van der Waals surface area contributed by atoms with Crippen molar-refractivity contribution in [3.63, 3.8) is 0 Å². The van der Waals surface area contributed by atoms with Crippen molar-refractivity contribution in [3.8, 4) is 0 Å². The van der Waals surface area contributed by atoms with Crippen LogP contribution in [0.15, 0.2) is 30.5 Å². The standard InChI is InChI=1S/C25H37N5O5S2/c1-14(2)10-17(26)22(31)30-21(13-36)24(33)29-20(23(32)28-19(25(34)35)8-9-37-3)11-15-12-27-18-7-5-4-6-16(15)18/h4-7,12,14,17,19-21,27,36H,8-11,13,26H2,1-3H3,(H,28,32)(H,29,33)(H,30,31)(H,34,35). The van der Waals surface area contributed by atoms with Crippen LogP contribution in [0.3, 0.4) is 0 Å². The molecule has 0 aliphatic heterocycles. The topological polar surface area (TPSA) is 166 Å². The number of fused-ring (bicyclic) bond motifs is 1. The van der Waals surface area contributed by atoms with Crippen molar-refractivity contribution >= 4 is 59.0 Å². The van der Waals surface area contributed by atoms with E-state index in [2.05, 4.69) is 33.6 Å². The molecular formula is C25H37N5O5S2. The van der Waals surface area contributed by atoms with E-state index < -0.39 is 47.9 Å². The van der Waals surface area contributed by atoms with Gasteiger partial charge in [-0.25, -0.2) is 4.79 Å². The number of nitrogens with one attached hydrogen (secondary N) is 4. The van der Waals surface area contributed by atoms with E-state index in [1.807, 2.05) is 44.4 Å². The number of thiol groups is 1. The van der Waals surface area contributed by atoms with Crippen molar-refractivity contribution in [1.29, 1.82) is 0 Å². The van der Waals surface area contributed by atoms with Gasteiger partial charge in [-0.15, -0.1) is 0 Å². The average Bonchev–Trinajstić information content (AvgIpc) is 3.26. The SMILES string of the molecule is CSCCC(NC(=O)C(Cc1c[nH]c2ccccc12)NC(=O)C(CS)NC(=O)C(N)CC(C)C)C(=O)O. The van der Waals surface area contributed by atoms with Crippen LogP contribution < -0.4 is 21.7 Å². The molecule has 0 fully saturated rings. The minimum atomic E-state index is -1.15. The van der Waals surface area contributed by atoms with Gasteiger partial charge in [-0.3, -0.25) is 14.4 Å². The van der Waals surface area contributed by atoms with E-state index in [0.29, 0.717) is 12.2 Å². The predicted octanol–water partition coefficient (Wildman–Crippen LogP) is 1.31. The molecule has 1 aromatic carbocycles. The van der Waals surface area contributed by atoms with Crippen LogP contribution in [-0.4, -0.2) is 75.7 Å². The van der Waals surface area contributed by atoms with Gasteiger partial charge in [0.05, 0.1) is 6.04 Å². The Morgan fingerprint density at radius 1 is 1.03 bits per heavy atom. The fourth-order valence-electron chi connectivity index (χ4n) is 3.86. The van der Waals surface area contributed by atoms with Crippen LogP contribution in [0.5, 0.6) is 0 Å². The Morgan fingerprint density at radius 3 is 2.27 bits per heavy atom. The molecule has 7 N–H and O–H groups in total. The molecule has 2 rings (SSSR count). The third kappa shape index (κ3) is 9.28. The zero-order valence-electron chi connectivity index (χ0n) is 21.3. The molecule has 204 valence electrons. The van der Waals surface area contributed by atoms with E-state index in [1.54, 1.807) is 6.20 Å². The average molecular weight is 552 g/mol. The third-order valence-corrected chi connectivity index (χ3v) is 6.84. The molecular weight excluding hydrogens is 514 g/mol. The lowest BCUT2D eigenvalue weighted by molar-refractivity contribution is -0.142. The van der Waals surface area contributed by atoms with Gasteiger partial charge in [-0.05, 0) is 42.4 Å². The molecule has 0 aliphatic carbocycles. The number of aromatic amines is 1. The van der Waals surface area contributed by atoms with E-state index in [-0.39, 0.29) is 24.5 Å². The van der Waals surface area contributed by atoms with Crippen LogP contribution in [0.1, 0.15) is 32.3 Å². The molecule has 0 saturated heterocycles. The molecule has 4 atom stereocenters. The van der Waals surface area contributed by atoms with Gasteiger partial charge in [0.25, 0.3) is 0 Å². The van der Waals surface area contributed by atoms with Crippen molar-refractivity contribution in [2.45, 2.75) is 57.3 Å². The Bertz CT molecular complexity index is 1080. The highest BCUT2D eigenvalue weighted by Crippen LogP contribution is 2.19. The Morgan fingerprint density at radius 2 is 1.65 bits per heavy atom. The largest absolute Gasteiger partial charge is 0.480 e. The fourth-order valence-corrected chi connectivity index (χ4v) is 4.58. The third-order valence-electron chi connectivity index (χ3n) is 5.83. The highest BCUT2D eigenvalue weighted by Gasteiger charge is 2.30. The van der Waals surface area contributed by atoms with Crippen LogP contribution >= 0.6 is 24.4 Å². The summed E-state index contributed by atoms with van der Waals surface area (Å²) in [5, 5.41) is 18.3. The van der Waals surface area contributed by atoms with Crippen molar-refractivity contribution < 1.29 is 24.3 Å². The molecule has 2 aromatic rings. The summed E-state index contributed by atoms with van der Waals surface area (Å²) in [6.45, 7) is 3.88. The van der Waals surface area contributed by atoms with Crippen LogP contribution in [0.2, 0.25) is 0 Å². The molecule has 1 aromatic heterocycles. The van der Waals surface area contributed by atoms with Gasteiger partial charge in [-0.2, -0.15) is 24.4 Å². The van der Waals surface area contributed by atoms with Crippen molar-refractivity contribution in [2.24, 2.45) is 11.7 Å². The van der Waals surface area contributed by atoms with Crippen molar-refractivity contribution in [3.05, 3.63) is 36.0 Å². The first-order valence-corrected chi connectivity index (χ1v) is 14.1. The first-order valence-electron chi connectivity index (χ1n) is 12.1. The highest BCUT2D eigenvalue weighted by atomic mass is 32.2. The van der Waals surface area contributed by atoms with Gasteiger partial charge in [-0.1, -0.05) is 32.0 Å². The maximum absolute atomic E-state index is 13.2. The lowest BCUT2D eigenvalue weighted by Gasteiger charge is -2.25. The number of amides is 3. The smallest absolute Gasteiger partial charge is 0.326 e. The number of hydrogen-bond acceptors (Lipinski definition) is 7. The Labute approximate surface area is 226 Å². The molecule has 12 heteroatoms. The minimum Gasteiger partial charge on any atom is -0.480 e. The van der Waals surface area contributed by atoms with Gasteiger partial charge < -0.3 is 31.8 Å². The summed E-state index contributed by atoms with van der Waals surface area (Å²) in [6.07, 6.45) is 4.39. The van der Waals surface area contributed by atoms with Crippen LogP contribution in [0, 0.1) is 5.92 Å². The van der Waals surface area contributed by atoms with E-state index in [0.717, 1.165) is 16.5 Å². The lowest BCUT2D eigenvalue weighted by Crippen LogP contribution is -2.58. The number of nitrogens with two attached hydrogens (primary N) is 1. The normalized spacial score (nSPS) is 14.5. The molecule has 0 radical (unpaired) electrons. The molecule has 0 bridgehead atoms. The molecule has 0 spiro atoms. The van der Waals surface area contributed by atoms with Crippen LogP contribution in [-0.2, 0) is 25.6 Å². The Kier molecular flexibility index (Phi) is 12.3. The lowest BCUT2D eigenvalue weighted by atomic mass is 10.0. The van der Waals surface area contributed by atoms with Crippen molar-refractivity contribution in [2.75, 3.05) is 17.8 Å². The number of benzene rings is 1. The van der Waals surface area contributed by atoms with E-state index in [1.165, 1.54) is 11.8 Å². The summed E-state index contributed by atoms with van der Waals surface area (Å²) in [6, 6.07) is 3.52. The predicted molar refractivity (Wildman–Crippen MR) is 150 cm³/mol. The van der Waals surface area contributed by atoms with E-state index in [4.69, 9.17) is 5.73 Å². The highest BCUT2D eigenvalue weighted by molar-refractivity contribution is 7.98. The van der Waals surface area contributed by atoms with Gasteiger partial charge in [0.15, 0.2) is 0 Å². The van der Waals surface area contributed by atoms with Gasteiger partial charge in [0, 0.05) is 29.3 Å². The monoisotopic (exact) mass is 551 g/mol.